The van der Waals surface area contributed by atoms with Gasteiger partial charge in [0.1, 0.15) is 0 Å². The van der Waals surface area contributed by atoms with Gasteiger partial charge in [0.05, 0.1) is 11.6 Å². The lowest BCUT2D eigenvalue weighted by atomic mass is 10.0. The van der Waals surface area contributed by atoms with Crippen molar-refractivity contribution in [3.8, 4) is 0 Å². The van der Waals surface area contributed by atoms with Gasteiger partial charge in [0.15, 0.2) is 0 Å². The predicted octanol–water partition coefficient (Wildman–Crippen LogP) is 2.66. The molecule has 1 unspecified atom stereocenters. The van der Waals surface area contributed by atoms with Gasteiger partial charge in [-0.25, -0.2) is 0 Å². The minimum Gasteiger partial charge on any atom is -0.398 e. The number of hydrogen-bond acceptors (Lipinski definition) is 2. The number of nitrogen functional groups attached to an aromatic ring is 1. The predicted molar refractivity (Wildman–Crippen MR) is 74.2 cm³/mol. The molecule has 1 aliphatic rings. The van der Waals surface area contributed by atoms with Gasteiger partial charge in [0.25, 0.3) is 5.91 Å². The zero-order valence-corrected chi connectivity index (χ0v) is 10.5. The first-order valence-electron chi connectivity index (χ1n) is 6.20. The van der Waals surface area contributed by atoms with Crippen molar-refractivity contribution in [3.63, 3.8) is 0 Å². The van der Waals surface area contributed by atoms with Gasteiger partial charge in [-0.05, 0) is 37.5 Å². The van der Waals surface area contributed by atoms with E-state index in [2.05, 4.69) is 23.5 Å². The standard InChI is InChI=1S/C15H18N2O/c1-11(12-7-3-2-4-8-12)17-15(18)13-9-5-6-10-14(13)16/h3,5-11H,2,4,16H2,1H3,(H,17,18). The fourth-order valence-corrected chi connectivity index (χ4v) is 2.02. The van der Waals surface area contributed by atoms with E-state index in [4.69, 9.17) is 5.73 Å². The van der Waals surface area contributed by atoms with Gasteiger partial charge in [-0.15, -0.1) is 0 Å². The van der Waals surface area contributed by atoms with Crippen LogP contribution >= 0.6 is 0 Å². The van der Waals surface area contributed by atoms with E-state index < -0.39 is 0 Å². The Hall–Kier alpha value is -2.03. The van der Waals surface area contributed by atoms with Crippen LogP contribution < -0.4 is 11.1 Å². The van der Waals surface area contributed by atoms with Crippen LogP contribution in [0.4, 0.5) is 5.69 Å². The molecule has 3 heteroatoms. The van der Waals surface area contributed by atoms with Crippen molar-refractivity contribution in [2.75, 3.05) is 5.73 Å². The second-order valence-corrected chi connectivity index (χ2v) is 4.47. The maximum atomic E-state index is 12.1. The van der Waals surface area contributed by atoms with E-state index in [0.29, 0.717) is 11.3 Å². The molecule has 0 radical (unpaired) electrons. The topological polar surface area (TPSA) is 55.1 Å². The Morgan fingerprint density at radius 2 is 2.11 bits per heavy atom. The number of anilines is 1. The summed E-state index contributed by atoms with van der Waals surface area (Å²) < 4.78 is 0. The summed E-state index contributed by atoms with van der Waals surface area (Å²) in [7, 11) is 0. The lowest BCUT2D eigenvalue weighted by Gasteiger charge is -2.17. The van der Waals surface area contributed by atoms with Crippen LogP contribution in [0.2, 0.25) is 0 Å². The maximum absolute atomic E-state index is 12.1. The molecule has 0 saturated heterocycles. The average Bonchev–Trinajstić information content (AvgIpc) is 2.40. The number of carbonyl (C=O) groups is 1. The highest BCUT2D eigenvalue weighted by molar-refractivity contribution is 5.99. The monoisotopic (exact) mass is 242 g/mol. The number of nitrogens with two attached hydrogens (primary N) is 1. The molecule has 0 fully saturated rings. The summed E-state index contributed by atoms with van der Waals surface area (Å²) in [6.45, 7) is 1.98. The van der Waals surface area contributed by atoms with Crippen molar-refractivity contribution in [2.24, 2.45) is 0 Å². The largest absolute Gasteiger partial charge is 0.398 e. The molecule has 0 spiro atoms. The van der Waals surface area contributed by atoms with Gasteiger partial charge in [-0.3, -0.25) is 4.79 Å². The van der Waals surface area contributed by atoms with E-state index >= 15 is 0 Å². The first kappa shape index (κ1) is 12.4. The molecule has 0 bridgehead atoms. The number of hydrogen-bond donors (Lipinski definition) is 2. The normalized spacial score (nSPS) is 15.9. The fraction of sp³-hybridized carbons (Fsp3) is 0.267. The van der Waals surface area contributed by atoms with Gasteiger partial charge in [0, 0.05) is 5.69 Å². The van der Waals surface area contributed by atoms with Crippen LogP contribution in [-0.4, -0.2) is 11.9 Å². The number of amides is 1. The van der Waals surface area contributed by atoms with Crippen LogP contribution in [0.5, 0.6) is 0 Å². The number of benzene rings is 1. The van der Waals surface area contributed by atoms with E-state index in [1.54, 1.807) is 12.1 Å². The molecule has 0 heterocycles. The van der Waals surface area contributed by atoms with Crippen LogP contribution in [0.25, 0.3) is 0 Å². The third-order valence-electron chi connectivity index (χ3n) is 3.08. The average molecular weight is 242 g/mol. The third-order valence-corrected chi connectivity index (χ3v) is 3.08. The molecule has 0 saturated carbocycles. The Morgan fingerprint density at radius 1 is 1.33 bits per heavy atom. The maximum Gasteiger partial charge on any atom is 0.253 e. The van der Waals surface area contributed by atoms with Crippen molar-refractivity contribution < 1.29 is 4.79 Å². The fourth-order valence-electron chi connectivity index (χ4n) is 2.02. The van der Waals surface area contributed by atoms with Crippen molar-refractivity contribution in [2.45, 2.75) is 25.8 Å². The van der Waals surface area contributed by atoms with Gasteiger partial charge in [-0.1, -0.05) is 30.4 Å². The quantitative estimate of drug-likeness (QED) is 0.801. The number of nitrogens with one attached hydrogen (secondary N) is 1. The van der Waals surface area contributed by atoms with Gasteiger partial charge < -0.3 is 11.1 Å². The van der Waals surface area contributed by atoms with Crippen molar-refractivity contribution in [1.29, 1.82) is 0 Å². The van der Waals surface area contributed by atoms with E-state index in [-0.39, 0.29) is 11.9 Å². The number of carbonyl (C=O) groups excluding carboxylic acids is 1. The molecule has 18 heavy (non-hydrogen) atoms. The molecule has 1 atom stereocenters. The number of para-hydroxylation sites is 1. The Morgan fingerprint density at radius 3 is 2.78 bits per heavy atom. The molecule has 0 aromatic heterocycles. The zero-order chi connectivity index (χ0) is 13.0. The van der Waals surface area contributed by atoms with Crippen molar-refractivity contribution in [3.05, 3.63) is 53.6 Å². The smallest absolute Gasteiger partial charge is 0.253 e. The van der Waals surface area contributed by atoms with E-state index in [1.807, 2.05) is 19.1 Å². The van der Waals surface area contributed by atoms with Crippen LogP contribution in [-0.2, 0) is 0 Å². The minimum absolute atomic E-state index is 0.00801. The van der Waals surface area contributed by atoms with Crippen LogP contribution in [0, 0.1) is 0 Å². The van der Waals surface area contributed by atoms with Crippen molar-refractivity contribution >= 4 is 11.6 Å². The van der Waals surface area contributed by atoms with Gasteiger partial charge >= 0.3 is 0 Å². The Balaban J connectivity index is 2.06. The Labute approximate surface area is 107 Å². The highest BCUT2D eigenvalue weighted by atomic mass is 16.1. The van der Waals surface area contributed by atoms with E-state index in [0.717, 1.165) is 18.4 Å². The molecule has 3 N–H and O–H groups in total. The van der Waals surface area contributed by atoms with Crippen LogP contribution in [0.15, 0.2) is 48.1 Å². The summed E-state index contributed by atoms with van der Waals surface area (Å²) in [5.74, 6) is -0.125. The summed E-state index contributed by atoms with van der Waals surface area (Å²) in [6.07, 6.45) is 8.49. The molecule has 0 aliphatic heterocycles. The Bertz CT molecular complexity index is 503. The third kappa shape index (κ3) is 2.80. The second-order valence-electron chi connectivity index (χ2n) is 4.47. The molecular formula is C15H18N2O. The highest BCUT2D eigenvalue weighted by Crippen LogP contribution is 2.15. The number of rotatable bonds is 3. The molecule has 3 nitrogen and oxygen atoms in total. The lowest BCUT2D eigenvalue weighted by Crippen LogP contribution is -2.34. The molecule has 1 aromatic rings. The number of allylic oxidation sites excluding steroid dienone is 2. The minimum atomic E-state index is -0.125. The van der Waals surface area contributed by atoms with E-state index in [9.17, 15) is 4.79 Å². The molecular weight excluding hydrogens is 224 g/mol. The summed E-state index contributed by atoms with van der Waals surface area (Å²) in [5.41, 5.74) is 7.98. The summed E-state index contributed by atoms with van der Waals surface area (Å²) >= 11 is 0. The molecule has 1 aromatic carbocycles. The van der Waals surface area contributed by atoms with E-state index in [1.165, 1.54) is 0 Å². The zero-order valence-electron chi connectivity index (χ0n) is 10.5. The second kappa shape index (κ2) is 5.54. The van der Waals surface area contributed by atoms with Crippen molar-refractivity contribution in [1.82, 2.24) is 5.32 Å². The summed E-state index contributed by atoms with van der Waals surface area (Å²) in [5, 5.41) is 2.97. The SMILES string of the molecule is CC(NC(=O)c1ccccc1N)C1=CCCC=C1. The summed E-state index contributed by atoms with van der Waals surface area (Å²) in [4.78, 5) is 12.1. The molecule has 1 aliphatic carbocycles. The van der Waals surface area contributed by atoms with Crippen LogP contribution in [0.1, 0.15) is 30.1 Å². The highest BCUT2D eigenvalue weighted by Gasteiger charge is 2.14. The molecule has 94 valence electrons. The van der Waals surface area contributed by atoms with Gasteiger partial charge in [-0.2, -0.15) is 0 Å². The Kier molecular flexibility index (Phi) is 3.82. The summed E-state index contributed by atoms with van der Waals surface area (Å²) in [6, 6.07) is 7.12. The van der Waals surface area contributed by atoms with Crippen LogP contribution in [0.3, 0.4) is 0 Å². The first-order chi connectivity index (χ1) is 8.68. The molecule has 1 amide bonds. The lowest BCUT2D eigenvalue weighted by molar-refractivity contribution is 0.0946. The first-order valence-corrected chi connectivity index (χ1v) is 6.20. The van der Waals surface area contributed by atoms with Gasteiger partial charge in [0.2, 0.25) is 0 Å². The molecule has 2 rings (SSSR count).